The van der Waals surface area contributed by atoms with Gasteiger partial charge in [0.15, 0.2) is 0 Å². The fraction of sp³-hybridized carbons (Fsp3) is 0.933. The van der Waals surface area contributed by atoms with Crippen LogP contribution in [-0.2, 0) is 0 Å². The molecule has 0 saturated heterocycles. The lowest BCUT2D eigenvalue weighted by molar-refractivity contribution is 0.213. The molecular formula is C15H26N3S-. The summed E-state index contributed by atoms with van der Waals surface area (Å²) in [4.78, 5) is 4.20. The molecule has 0 amide bonds. The van der Waals surface area contributed by atoms with Crippen molar-refractivity contribution in [3.8, 4) is 0 Å². The van der Waals surface area contributed by atoms with Gasteiger partial charge in [-0.05, 0) is 69.6 Å². The lowest BCUT2D eigenvalue weighted by Gasteiger charge is -2.38. The zero-order chi connectivity index (χ0) is 13.7. The molecule has 0 bridgehead atoms. The van der Waals surface area contributed by atoms with Crippen LogP contribution in [0.3, 0.4) is 0 Å². The summed E-state index contributed by atoms with van der Waals surface area (Å²) in [5.41, 5.74) is 8.01. The Morgan fingerprint density at radius 1 is 1.16 bits per heavy atom. The molecule has 2 aliphatic rings. The lowest BCUT2D eigenvalue weighted by Crippen LogP contribution is -2.33. The van der Waals surface area contributed by atoms with E-state index in [4.69, 9.17) is 18.0 Å². The third kappa shape index (κ3) is 4.35. The molecule has 108 valence electrons. The molecule has 4 heteroatoms. The van der Waals surface area contributed by atoms with Gasteiger partial charge in [-0.3, -0.25) is 0 Å². The van der Waals surface area contributed by atoms with E-state index in [1.165, 1.54) is 38.5 Å². The van der Waals surface area contributed by atoms with Gasteiger partial charge in [0.25, 0.3) is 0 Å². The van der Waals surface area contributed by atoms with E-state index in [2.05, 4.69) is 22.5 Å². The first-order chi connectivity index (χ1) is 9.22. The first-order valence-electron chi connectivity index (χ1n) is 7.68. The smallest absolute Gasteiger partial charge is 0.0587 e. The summed E-state index contributed by atoms with van der Waals surface area (Å²) in [6, 6.07) is 0.809. The maximum atomic E-state index is 8.01. The number of thiocarbonyl (C=S) groups is 1. The molecule has 0 aliphatic heterocycles. The van der Waals surface area contributed by atoms with Crippen LogP contribution in [-0.4, -0.2) is 30.3 Å². The number of rotatable bonds is 4. The van der Waals surface area contributed by atoms with E-state index in [0.29, 0.717) is 0 Å². The summed E-state index contributed by atoms with van der Waals surface area (Å²) in [5.74, 6) is 1.66. The number of nitrogens with one attached hydrogen (secondary N) is 2. The summed E-state index contributed by atoms with van der Waals surface area (Å²) < 4.78 is 0. The number of nitrogens with zero attached hydrogens (tertiary/aromatic N) is 1. The second-order valence-electron chi connectivity index (χ2n) is 6.32. The van der Waals surface area contributed by atoms with Gasteiger partial charge >= 0.3 is 0 Å². The standard InChI is InChI=1S/C15H26N3S/c1-17-13-5-2-11(3-6-13)8-12-4-7-14(16)15(9-12)18-10-19/h11-17H,2-9H2,1H3/q-1. The SMILES string of the molecule is CNC1CCC(CC2CCC([NH-])C(N=C=S)C2)CC1. The molecule has 0 aromatic rings. The fourth-order valence-corrected chi connectivity index (χ4v) is 3.95. The van der Waals surface area contributed by atoms with E-state index in [9.17, 15) is 0 Å². The number of isothiocyanates is 1. The van der Waals surface area contributed by atoms with Gasteiger partial charge in [-0.1, -0.05) is 12.8 Å². The Balaban J connectivity index is 1.78. The quantitative estimate of drug-likeness (QED) is 0.628. The zero-order valence-corrected chi connectivity index (χ0v) is 12.7. The molecule has 0 aromatic heterocycles. The molecule has 2 fully saturated rings. The van der Waals surface area contributed by atoms with Gasteiger partial charge < -0.3 is 11.1 Å². The second-order valence-corrected chi connectivity index (χ2v) is 6.50. The topological polar surface area (TPSA) is 48.2 Å². The van der Waals surface area contributed by atoms with Crippen molar-refractivity contribution in [3.63, 3.8) is 0 Å². The van der Waals surface area contributed by atoms with E-state index in [1.807, 2.05) is 0 Å². The molecular weight excluding hydrogens is 254 g/mol. The Kier molecular flexibility index (Phi) is 5.96. The van der Waals surface area contributed by atoms with Crippen molar-refractivity contribution < 1.29 is 0 Å². The lowest BCUT2D eigenvalue weighted by atomic mass is 9.74. The molecule has 2 aliphatic carbocycles. The van der Waals surface area contributed by atoms with Gasteiger partial charge in [-0.25, -0.2) is 4.99 Å². The molecule has 0 spiro atoms. The van der Waals surface area contributed by atoms with Crippen LogP contribution >= 0.6 is 12.2 Å². The van der Waals surface area contributed by atoms with Crippen LogP contribution in [0.2, 0.25) is 0 Å². The van der Waals surface area contributed by atoms with E-state index in [1.54, 1.807) is 0 Å². The van der Waals surface area contributed by atoms with Crippen molar-refractivity contribution in [2.24, 2.45) is 16.8 Å². The summed E-state index contributed by atoms with van der Waals surface area (Å²) in [5, 5.41) is 5.88. The van der Waals surface area contributed by atoms with Crippen molar-refractivity contribution in [1.29, 1.82) is 0 Å². The summed E-state index contributed by atoms with van der Waals surface area (Å²) in [7, 11) is 2.08. The predicted molar refractivity (Wildman–Crippen MR) is 83.7 cm³/mol. The van der Waals surface area contributed by atoms with E-state index >= 15 is 0 Å². The number of hydrogen-bond acceptors (Lipinski definition) is 3. The highest BCUT2D eigenvalue weighted by atomic mass is 32.1. The molecule has 0 radical (unpaired) electrons. The van der Waals surface area contributed by atoms with Crippen LogP contribution in [0.5, 0.6) is 0 Å². The fourth-order valence-electron chi connectivity index (χ4n) is 3.81. The van der Waals surface area contributed by atoms with Crippen LogP contribution < -0.4 is 5.32 Å². The van der Waals surface area contributed by atoms with E-state index in [-0.39, 0.29) is 12.1 Å². The highest BCUT2D eigenvalue weighted by molar-refractivity contribution is 7.78. The van der Waals surface area contributed by atoms with Gasteiger partial charge in [0.2, 0.25) is 0 Å². The first-order valence-corrected chi connectivity index (χ1v) is 8.09. The average Bonchev–Trinajstić information content (AvgIpc) is 2.44. The molecule has 0 aromatic carbocycles. The predicted octanol–water partition coefficient (Wildman–Crippen LogP) is 3.85. The van der Waals surface area contributed by atoms with Gasteiger partial charge in [0.05, 0.1) is 5.16 Å². The van der Waals surface area contributed by atoms with E-state index < -0.39 is 0 Å². The van der Waals surface area contributed by atoms with Crippen molar-refractivity contribution in [1.82, 2.24) is 5.32 Å². The summed E-state index contributed by atoms with van der Waals surface area (Å²) >= 11 is 4.71. The Morgan fingerprint density at radius 3 is 2.47 bits per heavy atom. The summed E-state index contributed by atoms with van der Waals surface area (Å²) in [6.07, 6.45) is 10.00. The highest BCUT2D eigenvalue weighted by Gasteiger charge is 2.28. The Morgan fingerprint density at radius 2 is 1.84 bits per heavy atom. The van der Waals surface area contributed by atoms with Crippen LogP contribution in [0.15, 0.2) is 4.99 Å². The molecule has 19 heavy (non-hydrogen) atoms. The Hall–Kier alpha value is -0.280. The van der Waals surface area contributed by atoms with Crippen molar-refractivity contribution in [2.75, 3.05) is 7.05 Å². The molecule has 0 heterocycles. The van der Waals surface area contributed by atoms with E-state index in [0.717, 1.165) is 30.7 Å². The minimum absolute atomic E-state index is 0.0493. The average molecular weight is 280 g/mol. The van der Waals surface area contributed by atoms with Crippen molar-refractivity contribution >= 4 is 17.4 Å². The minimum Gasteiger partial charge on any atom is -0.673 e. The summed E-state index contributed by atoms with van der Waals surface area (Å²) in [6.45, 7) is 0. The first kappa shape index (κ1) is 15.1. The van der Waals surface area contributed by atoms with Crippen LogP contribution in [0.4, 0.5) is 0 Å². The molecule has 3 nitrogen and oxygen atoms in total. The third-order valence-electron chi connectivity index (χ3n) is 5.07. The van der Waals surface area contributed by atoms with Crippen molar-refractivity contribution in [2.45, 2.75) is 69.5 Å². The molecule has 3 atom stereocenters. The molecule has 2 saturated carbocycles. The van der Waals surface area contributed by atoms with Crippen molar-refractivity contribution in [3.05, 3.63) is 5.73 Å². The Bertz CT molecular complexity index is 319. The number of hydrogen-bond donors (Lipinski definition) is 1. The molecule has 2 N–H and O–H groups in total. The number of aliphatic imine (C=N–C) groups is 1. The monoisotopic (exact) mass is 280 g/mol. The normalized spacial score (nSPS) is 39.6. The molecule has 2 rings (SSSR count). The third-order valence-corrected chi connectivity index (χ3v) is 5.17. The Labute approximate surface area is 122 Å². The molecule has 3 unspecified atom stereocenters. The van der Waals surface area contributed by atoms with Crippen LogP contribution in [0.1, 0.15) is 51.4 Å². The maximum absolute atomic E-state index is 8.01. The maximum Gasteiger partial charge on any atom is 0.0587 e. The van der Waals surface area contributed by atoms with Crippen LogP contribution in [0.25, 0.3) is 5.73 Å². The van der Waals surface area contributed by atoms with Gasteiger partial charge in [0.1, 0.15) is 0 Å². The van der Waals surface area contributed by atoms with Gasteiger partial charge in [-0.15, -0.1) is 6.04 Å². The van der Waals surface area contributed by atoms with Gasteiger partial charge in [-0.2, -0.15) is 0 Å². The zero-order valence-electron chi connectivity index (χ0n) is 11.9. The minimum atomic E-state index is -0.0493. The highest BCUT2D eigenvalue weighted by Crippen LogP contribution is 2.36. The van der Waals surface area contributed by atoms with Gasteiger partial charge in [0, 0.05) is 12.1 Å². The van der Waals surface area contributed by atoms with Crippen LogP contribution in [0, 0.1) is 11.8 Å². The second kappa shape index (κ2) is 7.49. The largest absolute Gasteiger partial charge is 0.673 e.